The Kier molecular flexibility index (Phi) is 4.29. The van der Waals surface area contributed by atoms with E-state index in [1.54, 1.807) is 13.2 Å². The lowest BCUT2D eigenvalue weighted by Crippen LogP contribution is -2.52. The molecular weight excluding hydrogens is 324 g/mol. The van der Waals surface area contributed by atoms with E-state index in [0.717, 1.165) is 29.7 Å². The van der Waals surface area contributed by atoms with Crippen LogP contribution in [0.15, 0.2) is 33.4 Å². The molecule has 0 bridgehead atoms. The zero-order chi connectivity index (χ0) is 17.7. The first kappa shape index (κ1) is 17.5. The monoisotopic (exact) mass is 348 g/mol. The van der Waals surface area contributed by atoms with Gasteiger partial charge in [-0.1, -0.05) is 30.2 Å². The van der Waals surface area contributed by atoms with Gasteiger partial charge in [-0.05, 0) is 57.2 Å². The largest absolute Gasteiger partial charge is 0.468 e. The van der Waals surface area contributed by atoms with Crippen LogP contribution in [0.5, 0.6) is 0 Å². The fourth-order valence-electron chi connectivity index (χ4n) is 4.31. The van der Waals surface area contributed by atoms with Crippen molar-refractivity contribution in [2.75, 3.05) is 0 Å². The highest BCUT2D eigenvalue weighted by Crippen LogP contribution is 2.49. The van der Waals surface area contributed by atoms with E-state index in [1.807, 2.05) is 13.8 Å². The first-order valence-electron chi connectivity index (χ1n) is 8.52. The fourth-order valence-corrected chi connectivity index (χ4v) is 4.75. The molecule has 0 unspecified atom stereocenters. The predicted molar refractivity (Wildman–Crippen MR) is 95.0 cm³/mol. The summed E-state index contributed by atoms with van der Waals surface area (Å²) in [6.45, 7) is 7.82. The molecule has 3 atom stereocenters. The van der Waals surface area contributed by atoms with Crippen LogP contribution in [0, 0.1) is 18.3 Å². The van der Waals surface area contributed by atoms with E-state index in [1.165, 1.54) is 11.6 Å². The van der Waals surface area contributed by atoms with Crippen molar-refractivity contribution in [1.82, 2.24) is 0 Å². The van der Waals surface area contributed by atoms with Gasteiger partial charge in [0.25, 0.3) is 0 Å². The van der Waals surface area contributed by atoms with Gasteiger partial charge in [0.05, 0.1) is 16.9 Å². The van der Waals surface area contributed by atoms with Crippen LogP contribution in [0.3, 0.4) is 0 Å². The molecule has 2 aliphatic rings. The SMILES string of the molecule is CC1=CCC[C@]2(C)C(=O)C(Cl)=C[C@@](C)(O)[C@H]2Cc2c(C)coc2C1. The van der Waals surface area contributed by atoms with Gasteiger partial charge in [0.2, 0.25) is 0 Å². The van der Waals surface area contributed by atoms with E-state index in [0.29, 0.717) is 12.8 Å². The lowest BCUT2D eigenvalue weighted by atomic mass is 9.59. The highest BCUT2D eigenvalue weighted by Gasteiger charge is 2.52. The fraction of sp³-hybridized carbons (Fsp3) is 0.550. The van der Waals surface area contributed by atoms with Crippen LogP contribution in [0.1, 0.15) is 50.5 Å². The molecule has 1 aromatic rings. The number of Topliss-reactive ketones (excluding diaryl/α,β-unsaturated/α-hetero) is 1. The van der Waals surface area contributed by atoms with Gasteiger partial charge >= 0.3 is 0 Å². The second kappa shape index (κ2) is 5.89. The molecule has 0 saturated heterocycles. The third-order valence-corrected chi connectivity index (χ3v) is 6.10. The molecule has 0 aliphatic heterocycles. The van der Waals surface area contributed by atoms with Gasteiger partial charge in [0, 0.05) is 17.8 Å². The molecule has 3 nitrogen and oxygen atoms in total. The van der Waals surface area contributed by atoms with Crippen molar-refractivity contribution in [3.8, 4) is 0 Å². The summed E-state index contributed by atoms with van der Waals surface area (Å²) < 4.78 is 5.77. The van der Waals surface area contributed by atoms with Crippen LogP contribution in [0.2, 0.25) is 0 Å². The molecule has 1 aromatic heterocycles. The number of rotatable bonds is 0. The van der Waals surface area contributed by atoms with Gasteiger partial charge < -0.3 is 9.52 Å². The lowest BCUT2D eigenvalue weighted by molar-refractivity contribution is -0.135. The lowest BCUT2D eigenvalue weighted by Gasteiger charge is -2.47. The number of aryl methyl sites for hydroxylation is 1. The molecule has 3 rings (SSSR count). The van der Waals surface area contributed by atoms with Gasteiger partial charge in [-0.25, -0.2) is 0 Å². The number of furan rings is 1. The molecule has 1 heterocycles. The third-order valence-electron chi connectivity index (χ3n) is 5.82. The number of fused-ring (bicyclic) bond motifs is 2. The Labute approximate surface area is 148 Å². The highest BCUT2D eigenvalue weighted by molar-refractivity contribution is 6.43. The van der Waals surface area contributed by atoms with Crippen molar-refractivity contribution < 1.29 is 14.3 Å². The van der Waals surface area contributed by atoms with E-state index in [-0.39, 0.29) is 16.7 Å². The first-order valence-corrected chi connectivity index (χ1v) is 8.90. The van der Waals surface area contributed by atoms with Crippen molar-refractivity contribution in [2.45, 2.75) is 59.0 Å². The average molecular weight is 349 g/mol. The molecule has 0 fully saturated rings. The van der Waals surface area contributed by atoms with E-state index < -0.39 is 11.0 Å². The van der Waals surface area contributed by atoms with E-state index in [9.17, 15) is 9.90 Å². The van der Waals surface area contributed by atoms with Crippen molar-refractivity contribution in [1.29, 1.82) is 0 Å². The molecule has 0 saturated carbocycles. The van der Waals surface area contributed by atoms with Crippen molar-refractivity contribution in [2.24, 2.45) is 11.3 Å². The van der Waals surface area contributed by atoms with Gasteiger partial charge in [0.1, 0.15) is 5.76 Å². The summed E-state index contributed by atoms with van der Waals surface area (Å²) in [7, 11) is 0. The number of allylic oxidation sites excluding steroid dienone is 3. The van der Waals surface area contributed by atoms with E-state index in [2.05, 4.69) is 13.0 Å². The number of ketones is 1. The van der Waals surface area contributed by atoms with Gasteiger partial charge in [0.15, 0.2) is 5.78 Å². The number of aliphatic hydroxyl groups is 1. The summed E-state index contributed by atoms with van der Waals surface area (Å²) in [6, 6.07) is 0. The second-order valence-corrected chi connectivity index (χ2v) is 8.21. The summed E-state index contributed by atoms with van der Waals surface area (Å²) in [6.07, 6.45) is 8.32. The summed E-state index contributed by atoms with van der Waals surface area (Å²) in [5, 5.41) is 11.2. The Balaban J connectivity index is 2.16. The third kappa shape index (κ3) is 2.78. The number of carbonyl (C=O) groups excluding carboxylic acids is 1. The van der Waals surface area contributed by atoms with Crippen LogP contribution in [0.25, 0.3) is 0 Å². The summed E-state index contributed by atoms with van der Waals surface area (Å²) in [4.78, 5) is 12.9. The summed E-state index contributed by atoms with van der Waals surface area (Å²) in [5.74, 6) is 0.645. The zero-order valence-electron chi connectivity index (χ0n) is 14.8. The van der Waals surface area contributed by atoms with Gasteiger partial charge in [-0.2, -0.15) is 0 Å². The molecule has 0 radical (unpaired) electrons. The Hall–Kier alpha value is -1.32. The summed E-state index contributed by atoms with van der Waals surface area (Å²) >= 11 is 6.18. The quantitative estimate of drug-likeness (QED) is 0.703. The average Bonchev–Trinajstić information content (AvgIpc) is 2.82. The van der Waals surface area contributed by atoms with E-state index in [4.69, 9.17) is 16.0 Å². The molecule has 0 spiro atoms. The Morgan fingerprint density at radius 2 is 2.04 bits per heavy atom. The number of hydrogen-bond acceptors (Lipinski definition) is 3. The Bertz CT molecular complexity index is 738. The van der Waals surface area contributed by atoms with Crippen molar-refractivity contribution in [3.63, 3.8) is 0 Å². The minimum absolute atomic E-state index is 0.0602. The van der Waals surface area contributed by atoms with E-state index >= 15 is 0 Å². The maximum atomic E-state index is 12.9. The maximum Gasteiger partial charge on any atom is 0.180 e. The normalized spacial score (nSPS) is 34.1. The first-order chi connectivity index (χ1) is 11.1. The number of halogens is 1. The zero-order valence-corrected chi connectivity index (χ0v) is 15.5. The van der Waals surface area contributed by atoms with Gasteiger partial charge in [-0.3, -0.25) is 4.79 Å². The van der Waals surface area contributed by atoms with Crippen molar-refractivity contribution in [3.05, 3.63) is 45.9 Å². The number of hydrogen-bond donors (Lipinski definition) is 1. The van der Waals surface area contributed by atoms with Gasteiger partial charge in [-0.15, -0.1) is 0 Å². The van der Waals surface area contributed by atoms with Crippen molar-refractivity contribution >= 4 is 17.4 Å². The topological polar surface area (TPSA) is 50.4 Å². The molecule has 1 N–H and O–H groups in total. The van der Waals surface area contributed by atoms with Crippen LogP contribution in [0.4, 0.5) is 0 Å². The minimum Gasteiger partial charge on any atom is -0.468 e. The molecule has 0 aromatic carbocycles. The Morgan fingerprint density at radius 1 is 1.33 bits per heavy atom. The molecular formula is C20H25ClO3. The molecule has 0 amide bonds. The Morgan fingerprint density at radius 3 is 2.75 bits per heavy atom. The van der Waals surface area contributed by atoms with Crippen LogP contribution < -0.4 is 0 Å². The van der Waals surface area contributed by atoms with Crippen LogP contribution in [-0.4, -0.2) is 16.5 Å². The molecule has 4 heteroatoms. The maximum absolute atomic E-state index is 12.9. The summed E-state index contributed by atoms with van der Waals surface area (Å²) in [5.41, 5.74) is 1.61. The predicted octanol–water partition coefficient (Wildman–Crippen LogP) is 4.49. The van der Waals surface area contributed by atoms with Crippen LogP contribution >= 0.6 is 11.6 Å². The standard InChI is InChI=1S/C20H25ClO3/c1-12-6-5-7-19(3)17(20(4,23)10-15(21)18(19)22)9-14-13(2)11-24-16(14)8-12/h6,10-11,17,23H,5,7-9H2,1-4H3/t17-,19-,20+/m0/s1. The molecule has 24 heavy (non-hydrogen) atoms. The highest BCUT2D eigenvalue weighted by atomic mass is 35.5. The number of carbonyl (C=O) groups is 1. The molecule has 130 valence electrons. The molecule has 2 aliphatic carbocycles. The van der Waals surface area contributed by atoms with Crippen LogP contribution in [-0.2, 0) is 17.6 Å². The second-order valence-electron chi connectivity index (χ2n) is 7.81. The minimum atomic E-state index is -1.13. The smallest absolute Gasteiger partial charge is 0.180 e.